The molecule has 0 spiro atoms. The lowest BCUT2D eigenvalue weighted by Gasteiger charge is -2.40. The lowest BCUT2D eigenvalue weighted by atomic mass is 9.97. The van der Waals surface area contributed by atoms with Crippen LogP contribution in [0.1, 0.15) is 64.5 Å². The van der Waals surface area contributed by atoms with Crippen molar-refractivity contribution in [2.45, 2.75) is 91.7 Å². The number of anilines is 3. The summed E-state index contributed by atoms with van der Waals surface area (Å²) in [6.45, 7) is 0. The number of rotatable bonds is 9. The molecule has 0 aliphatic heterocycles. The largest absolute Gasteiger partial charge is 0.452 e. The van der Waals surface area contributed by atoms with E-state index < -0.39 is 264 Å². The molecule has 0 heterocycles. The number of hydrogen-bond acceptors (Lipinski definition) is 3. The normalized spacial score (nSPS) is 14.4. The summed E-state index contributed by atoms with van der Waals surface area (Å²) >= 11 is 0. The fourth-order valence-electron chi connectivity index (χ4n) is 7.17. The minimum atomic E-state index is -8.27. The van der Waals surface area contributed by atoms with Gasteiger partial charge in [-0.05, 0) is 72.8 Å². The Bertz CT molecular complexity index is 2920. The molecule has 86 heavy (non-hydrogen) atoms. The molecule has 0 aliphatic carbocycles. The molecule has 0 atom stereocenters. The summed E-state index contributed by atoms with van der Waals surface area (Å²) in [6.07, 6.45) is -87.9. The van der Waals surface area contributed by atoms with Gasteiger partial charge in [-0.2, -0.15) is 167 Å². The Hall–Kier alpha value is -7.37. The fourth-order valence-corrected chi connectivity index (χ4v) is 7.17. The third kappa shape index (κ3) is 14.0. The zero-order valence-corrected chi connectivity index (χ0v) is 38.9. The highest BCUT2D eigenvalue weighted by molar-refractivity contribution is 6.15. The molecule has 0 fully saturated rings. The first-order chi connectivity index (χ1) is 37.8. The van der Waals surface area contributed by atoms with Crippen LogP contribution in [0, 0.1) is 0 Å². The van der Waals surface area contributed by atoms with Crippen LogP contribution in [-0.4, -0.2) is 72.4 Å². The SMILES string of the molecule is O=C(c1cc(C(=O)N(c2cc(C(F)(F)F)cc(C(F)(F)F)c2)C(F)(C(F)(F)F)C(F)(F)F)cc(C(=O)N(c2cc(C(F)(F)F)cc(C(F)(F)F)c2)C(F)(C(F)(F)F)C(F)(F)F)c1)N(c1cc(C(F)(F)F)cc(C(F)(F)F)c1)C(C(F)(F)F)C(F)(F)F. The predicted octanol–water partition coefficient (Wildman–Crippen LogP) is 17.8. The summed E-state index contributed by atoms with van der Waals surface area (Å²) in [7, 11) is 0. The summed E-state index contributed by atoms with van der Waals surface area (Å²) in [4.78, 5) is 33.7. The first-order valence-electron chi connectivity index (χ1n) is 20.6. The lowest BCUT2D eigenvalue weighted by molar-refractivity contribution is -0.338. The van der Waals surface area contributed by atoms with Crippen LogP contribution in [0.15, 0.2) is 72.8 Å². The van der Waals surface area contributed by atoms with Crippen LogP contribution in [0.3, 0.4) is 0 Å². The van der Waals surface area contributed by atoms with Crippen molar-refractivity contribution in [3.05, 3.63) is 123 Å². The predicted molar refractivity (Wildman–Crippen MR) is 204 cm³/mol. The number of amides is 3. The molecule has 0 saturated carbocycles. The van der Waals surface area contributed by atoms with Crippen LogP contribution in [0.2, 0.25) is 0 Å². The van der Waals surface area contributed by atoms with E-state index in [2.05, 4.69) is 0 Å². The fraction of sp³-hybridized carbons (Fsp3) is 0.357. The Morgan fingerprint density at radius 1 is 0.256 bits per heavy atom. The van der Waals surface area contributed by atoms with E-state index in [9.17, 15) is 172 Å². The monoisotopic (exact) mass is 1330 g/mol. The van der Waals surface area contributed by atoms with Gasteiger partial charge in [-0.15, -0.1) is 0 Å². The maximum Gasteiger partial charge on any atom is 0.452 e. The number of carbonyl (C=O) groups excluding carboxylic acids is 3. The first kappa shape index (κ1) is 71.1. The number of hydrogen-bond donors (Lipinski definition) is 0. The number of carbonyl (C=O) groups is 3. The molecule has 6 nitrogen and oxygen atoms in total. The van der Waals surface area contributed by atoms with Crippen molar-refractivity contribution >= 4 is 34.8 Å². The van der Waals surface area contributed by atoms with Gasteiger partial charge in [-0.25, -0.2) is 0 Å². The molecular weight excluding hydrogens is 1320 g/mol. The maximum absolute atomic E-state index is 16.3. The van der Waals surface area contributed by atoms with Gasteiger partial charge >= 0.3 is 85.7 Å². The summed E-state index contributed by atoms with van der Waals surface area (Å²) < 4.78 is 546. The van der Waals surface area contributed by atoms with E-state index in [4.69, 9.17) is 0 Å². The summed E-state index contributed by atoms with van der Waals surface area (Å²) in [5.74, 6) is -29.3. The Balaban J connectivity index is 2.54. The van der Waals surface area contributed by atoms with Crippen molar-refractivity contribution in [2.75, 3.05) is 14.7 Å². The summed E-state index contributed by atoms with van der Waals surface area (Å²) in [5.41, 5.74) is -40.2. The number of benzene rings is 4. The van der Waals surface area contributed by atoms with Gasteiger partial charge in [-0.1, -0.05) is 0 Å². The molecule has 4 rings (SSSR count). The zero-order chi connectivity index (χ0) is 67.5. The molecule has 0 N–H and O–H groups in total. The third-order valence-electron chi connectivity index (χ3n) is 10.8. The van der Waals surface area contributed by atoms with Crippen LogP contribution in [0.5, 0.6) is 0 Å². The second-order valence-electron chi connectivity index (χ2n) is 16.8. The van der Waals surface area contributed by atoms with E-state index in [1.165, 1.54) is 0 Å². The number of halogens is 38. The molecule has 0 unspecified atom stereocenters. The van der Waals surface area contributed by atoms with Crippen LogP contribution >= 0.6 is 0 Å². The second kappa shape index (κ2) is 21.5. The van der Waals surface area contributed by atoms with Gasteiger partial charge in [0.15, 0.2) is 0 Å². The van der Waals surface area contributed by atoms with E-state index in [1.807, 2.05) is 0 Å². The maximum atomic E-state index is 16.3. The highest BCUT2D eigenvalue weighted by Gasteiger charge is 2.79. The van der Waals surface area contributed by atoms with Crippen molar-refractivity contribution in [1.29, 1.82) is 0 Å². The minimum absolute atomic E-state index is 1.23. The molecule has 480 valence electrons. The van der Waals surface area contributed by atoms with Crippen molar-refractivity contribution in [2.24, 2.45) is 0 Å². The van der Waals surface area contributed by atoms with Crippen LogP contribution in [0.25, 0.3) is 0 Å². The molecule has 4 aromatic carbocycles. The average molecular weight is 1330 g/mol. The van der Waals surface area contributed by atoms with Gasteiger partial charge in [0.1, 0.15) is 0 Å². The van der Waals surface area contributed by atoms with Gasteiger partial charge in [0, 0.05) is 33.8 Å². The average Bonchev–Trinajstić information content (AvgIpc) is 0.860. The van der Waals surface area contributed by atoms with Crippen LogP contribution in [0.4, 0.5) is 184 Å². The van der Waals surface area contributed by atoms with E-state index in [0.717, 1.165) is 0 Å². The Morgan fingerprint density at radius 2 is 0.442 bits per heavy atom. The van der Waals surface area contributed by atoms with Crippen LogP contribution in [-0.2, 0) is 37.1 Å². The standard InChI is InChI=1S/C42H13F38N3O3/c43-29(44,45)16-4-17(30(46,47)48)8-22(7-16)81(28(35(61,62)63)36(64,65)66)25(84)13-1-14(26(85)82(37(67,39(69,70)71)40(72,73)74)23-9-18(31(49,50)51)5-19(10-23)32(52,53)54)3-15(2-13)27(86)83(38(68,41(75,76)77)42(78,79)80)24-11-20(33(55,56)57)6-21(12-24)34(58,59)60/h1-12,28H. The molecule has 4 aromatic rings. The van der Waals surface area contributed by atoms with Gasteiger partial charge in [-0.3, -0.25) is 29.1 Å². The Labute approximate surface area is 445 Å². The van der Waals surface area contributed by atoms with Crippen molar-refractivity contribution in [1.82, 2.24) is 0 Å². The third-order valence-corrected chi connectivity index (χ3v) is 10.8. The molecule has 0 aromatic heterocycles. The van der Waals surface area contributed by atoms with Gasteiger partial charge in [0.2, 0.25) is 6.04 Å². The second-order valence-corrected chi connectivity index (χ2v) is 16.8. The van der Waals surface area contributed by atoms with Crippen molar-refractivity contribution in [3.8, 4) is 0 Å². The number of nitrogens with zero attached hydrogens (tertiary/aromatic N) is 3. The molecule has 0 saturated heterocycles. The van der Waals surface area contributed by atoms with Crippen molar-refractivity contribution in [3.63, 3.8) is 0 Å². The van der Waals surface area contributed by atoms with E-state index in [0.29, 0.717) is 0 Å². The van der Waals surface area contributed by atoms with Crippen LogP contribution < -0.4 is 14.7 Å². The Morgan fingerprint density at radius 3 is 0.616 bits per heavy atom. The molecule has 3 amide bonds. The topological polar surface area (TPSA) is 60.9 Å². The Kier molecular flexibility index (Phi) is 17.8. The van der Waals surface area contributed by atoms with Crippen molar-refractivity contribution < 1.29 is 181 Å². The molecule has 44 heteroatoms. The van der Waals surface area contributed by atoms with Gasteiger partial charge in [0.25, 0.3) is 17.7 Å². The number of alkyl halides is 38. The zero-order valence-electron chi connectivity index (χ0n) is 38.9. The molecule has 0 aliphatic rings. The van der Waals surface area contributed by atoms with E-state index >= 15 is 8.78 Å². The summed E-state index contributed by atoms with van der Waals surface area (Å²) in [6, 6.07) is -23.8. The van der Waals surface area contributed by atoms with Gasteiger partial charge in [0.05, 0.1) is 33.4 Å². The quantitative estimate of drug-likeness (QED) is 0.124. The van der Waals surface area contributed by atoms with Gasteiger partial charge < -0.3 is 0 Å². The van der Waals surface area contributed by atoms with E-state index in [-0.39, 0.29) is 0 Å². The minimum Gasteiger partial charge on any atom is -0.288 e. The molecular formula is C42H13F38N3O3. The molecule has 0 bridgehead atoms. The highest BCUT2D eigenvalue weighted by Crippen LogP contribution is 2.55. The highest BCUT2D eigenvalue weighted by atomic mass is 19.5. The first-order valence-corrected chi connectivity index (χ1v) is 20.6. The molecule has 0 radical (unpaired) electrons. The smallest absolute Gasteiger partial charge is 0.288 e. The van der Waals surface area contributed by atoms with E-state index in [1.54, 1.807) is 0 Å². The lowest BCUT2D eigenvalue weighted by Crippen LogP contribution is -2.67. The summed E-state index contributed by atoms with van der Waals surface area (Å²) in [5, 5.41) is 0.